The minimum absolute atomic E-state index is 0.183. The lowest BCUT2D eigenvalue weighted by molar-refractivity contribution is -0.335. The number of carbonyl (C=O) groups excluding carboxylic acids is 1. The lowest BCUT2D eigenvalue weighted by Crippen LogP contribution is -2.33. The van der Waals surface area contributed by atoms with Crippen LogP contribution in [0.5, 0.6) is 5.75 Å². The molecule has 0 spiro atoms. The molecule has 0 aliphatic rings. The summed E-state index contributed by atoms with van der Waals surface area (Å²) in [7, 11) is -0.750. The highest BCUT2D eigenvalue weighted by Gasteiger charge is 2.31. The van der Waals surface area contributed by atoms with Crippen molar-refractivity contribution in [3.05, 3.63) is 71.3 Å². The van der Waals surface area contributed by atoms with Crippen molar-refractivity contribution < 1.29 is 37.6 Å². The summed E-state index contributed by atoms with van der Waals surface area (Å²) < 4.78 is 37.8. The number of aliphatic hydroxyl groups excluding tert-OH is 1. The lowest BCUT2D eigenvalue weighted by atomic mass is 9.95. The second-order valence-electron chi connectivity index (χ2n) is 11.1. The molecular weight excluding hydrogens is 556 g/mol. The molecule has 0 bridgehead atoms. The van der Waals surface area contributed by atoms with Gasteiger partial charge in [-0.05, 0) is 89.1 Å². The van der Waals surface area contributed by atoms with E-state index in [2.05, 4.69) is 0 Å². The van der Waals surface area contributed by atoms with Crippen molar-refractivity contribution in [2.24, 2.45) is 0 Å². The van der Waals surface area contributed by atoms with Gasteiger partial charge >= 0.3 is 5.97 Å². The van der Waals surface area contributed by atoms with Crippen LogP contribution in [0.4, 0.5) is 0 Å². The number of aliphatic hydroxyl groups is 1. The van der Waals surface area contributed by atoms with Gasteiger partial charge in [-0.15, -0.1) is 0 Å². The van der Waals surface area contributed by atoms with E-state index in [9.17, 15) is 18.3 Å². The number of carbonyl (C=O) groups is 1. The summed E-state index contributed by atoms with van der Waals surface area (Å²) in [6, 6.07) is 12.5. The molecule has 0 aliphatic carbocycles. The van der Waals surface area contributed by atoms with Crippen LogP contribution in [0.3, 0.4) is 0 Å². The summed E-state index contributed by atoms with van der Waals surface area (Å²) in [6.45, 7) is 7.91. The first kappa shape index (κ1) is 35.5. The zero-order valence-corrected chi connectivity index (χ0v) is 26.7. The molecule has 1 N–H and O–H groups in total. The number of methoxy groups -OCH3 is 1. The van der Waals surface area contributed by atoms with Gasteiger partial charge in [0.2, 0.25) is 0 Å². The predicted molar refractivity (Wildman–Crippen MR) is 164 cm³/mol. The van der Waals surface area contributed by atoms with E-state index in [-0.39, 0.29) is 17.3 Å². The molecule has 2 unspecified atom stereocenters. The molecule has 0 aromatic heterocycles. The van der Waals surface area contributed by atoms with Crippen molar-refractivity contribution in [3.8, 4) is 5.75 Å². The highest BCUT2D eigenvalue weighted by atomic mass is 32.2. The SMILES string of the molecule is CCOC(=O)CCCCCC=CC(C(O)CCc1ccc(CC(C)(C)OOC)c(OC)c1)S(=O)(=O)c1ccc(C)cc1. The Bertz CT molecular complexity index is 1240. The number of unbranched alkanes of at least 4 members (excludes halogenated alkanes) is 3. The number of hydrogen-bond acceptors (Lipinski definition) is 8. The molecule has 2 aromatic carbocycles. The second-order valence-corrected chi connectivity index (χ2v) is 13.2. The summed E-state index contributed by atoms with van der Waals surface area (Å²) in [6.07, 6.45) is 7.00. The maximum Gasteiger partial charge on any atom is 0.305 e. The maximum absolute atomic E-state index is 13.6. The Morgan fingerprint density at radius 1 is 1.05 bits per heavy atom. The average molecular weight is 605 g/mol. The molecule has 9 heteroatoms. The molecule has 0 fully saturated rings. The highest BCUT2D eigenvalue weighted by Crippen LogP contribution is 2.28. The Labute approximate surface area is 251 Å². The molecule has 2 aromatic rings. The zero-order chi connectivity index (χ0) is 31.2. The highest BCUT2D eigenvalue weighted by molar-refractivity contribution is 7.92. The third kappa shape index (κ3) is 11.5. The number of benzene rings is 2. The van der Waals surface area contributed by atoms with Gasteiger partial charge in [0.1, 0.15) is 16.6 Å². The molecule has 0 saturated heterocycles. The molecule has 2 atom stereocenters. The fourth-order valence-electron chi connectivity index (χ4n) is 4.78. The van der Waals surface area contributed by atoms with Crippen molar-refractivity contribution in [1.29, 1.82) is 0 Å². The quantitative estimate of drug-likeness (QED) is 0.0673. The third-order valence-electron chi connectivity index (χ3n) is 6.98. The summed E-state index contributed by atoms with van der Waals surface area (Å²) in [5.74, 6) is 0.498. The number of ether oxygens (including phenoxy) is 2. The predicted octanol–water partition coefficient (Wildman–Crippen LogP) is 6.11. The van der Waals surface area contributed by atoms with Crippen LogP contribution >= 0.6 is 0 Å². The zero-order valence-electron chi connectivity index (χ0n) is 25.9. The largest absolute Gasteiger partial charge is 0.496 e. The summed E-state index contributed by atoms with van der Waals surface area (Å²) in [5.41, 5.74) is 2.29. The van der Waals surface area contributed by atoms with E-state index in [1.165, 1.54) is 7.11 Å². The van der Waals surface area contributed by atoms with Crippen LogP contribution in [0.2, 0.25) is 0 Å². The lowest BCUT2D eigenvalue weighted by Gasteiger charge is -2.24. The van der Waals surface area contributed by atoms with Gasteiger partial charge in [-0.2, -0.15) is 0 Å². The van der Waals surface area contributed by atoms with Gasteiger partial charge in [-0.3, -0.25) is 4.79 Å². The van der Waals surface area contributed by atoms with Crippen molar-refractivity contribution in [2.75, 3.05) is 20.8 Å². The Kier molecular flexibility index (Phi) is 14.7. The maximum atomic E-state index is 13.6. The number of rotatable bonds is 19. The van der Waals surface area contributed by atoms with Crippen molar-refractivity contribution >= 4 is 15.8 Å². The van der Waals surface area contributed by atoms with Crippen molar-refractivity contribution in [1.82, 2.24) is 0 Å². The third-order valence-corrected chi connectivity index (χ3v) is 9.09. The van der Waals surface area contributed by atoms with E-state index in [1.54, 1.807) is 44.4 Å². The first-order valence-electron chi connectivity index (χ1n) is 14.6. The molecule has 0 heterocycles. The number of allylic oxidation sites excluding steroid dienone is 1. The molecule has 0 radical (unpaired) electrons. The summed E-state index contributed by atoms with van der Waals surface area (Å²) in [5, 5.41) is 10.1. The van der Waals surface area contributed by atoms with Crippen LogP contribution in [0.25, 0.3) is 0 Å². The summed E-state index contributed by atoms with van der Waals surface area (Å²) in [4.78, 5) is 21.9. The number of hydrogen-bond donors (Lipinski definition) is 1. The molecule has 42 heavy (non-hydrogen) atoms. The Hall–Kier alpha value is -2.72. The molecule has 0 amide bonds. The van der Waals surface area contributed by atoms with Gasteiger partial charge < -0.3 is 14.6 Å². The standard InChI is InChI=1S/C33H48O8S/c1-7-40-32(35)14-12-10-8-9-11-13-31(42(36,37)28-20-15-25(2)16-21-28)29(34)22-18-26-17-19-27(30(23-26)38-5)24-33(3,4)41-39-6/h11,13,15-17,19-21,23,29,31,34H,7-10,12,14,18,22,24H2,1-6H3. The van der Waals surface area contributed by atoms with Crippen LogP contribution in [0.1, 0.15) is 76.0 Å². The van der Waals surface area contributed by atoms with Gasteiger partial charge in [0, 0.05) is 12.8 Å². The van der Waals surface area contributed by atoms with Crippen LogP contribution in [-0.2, 0) is 42.0 Å². The molecule has 8 nitrogen and oxygen atoms in total. The van der Waals surface area contributed by atoms with E-state index in [0.717, 1.165) is 36.0 Å². The molecule has 234 valence electrons. The van der Waals surface area contributed by atoms with Crippen LogP contribution < -0.4 is 4.74 Å². The summed E-state index contributed by atoms with van der Waals surface area (Å²) >= 11 is 0. The van der Waals surface area contributed by atoms with E-state index < -0.39 is 26.8 Å². The Balaban J connectivity index is 2.13. The minimum Gasteiger partial charge on any atom is -0.496 e. The van der Waals surface area contributed by atoms with Crippen molar-refractivity contribution in [2.45, 2.75) is 101 Å². The average Bonchev–Trinajstić information content (AvgIpc) is 2.93. The fraction of sp³-hybridized carbons (Fsp3) is 0.545. The van der Waals surface area contributed by atoms with Crippen LogP contribution in [0.15, 0.2) is 59.5 Å². The van der Waals surface area contributed by atoms with Crippen LogP contribution in [0, 0.1) is 6.92 Å². The first-order valence-corrected chi connectivity index (χ1v) is 16.2. The first-order chi connectivity index (χ1) is 19.9. The van der Waals surface area contributed by atoms with Crippen LogP contribution in [-0.4, -0.2) is 57.3 Å². The van der Waals surface area contributed by atoms with Gasteiger partial charge in [-0.25, -0.2) is 18.2 Å². The van der Waals surface area contributed by atoms with Gasteiger partial charge in [0.05, 0.1) is 31.8 Å². The van der Waals surface area contributed by atoms with Gasteiger partial charge in [0.15, 0.2) is 9.84 Å². The number of aryl methyl sites for hydroxylation is 2. The topological polar surface area (TPSA) is 108 Å². The van der Waals surface area contributed by atoms with E-state index in [1.807, 2.05) is 45.0 Å². The van der Waals surface area contributed by atoms with Gasteiger partial charge in [0.25, 0.3) is 0 Å². The number of sulfone groups is 1. The van der Waals surface area contributed by atoms with E-state index >= 15 is 0 Å². The molecule has 0 saturated carbocycles. The second kappa shape index (κ2) is 17.4. The van der Waals surface area contributed by atoms with E-state index in [4.69, 9.17) is 19.2 Å². The van der Waals surface area contributed by atoms with E-state index in [0.29, 0.717) is 38.0 Å². The fourth-order valence-corrected chi connectivity index (χ4v) is 6.48. The number of esters is 1. The van der Waals surface area contributed by atoms with Gasteiger partial charge in [-0.1, -0.05) is 48.4 Å². The molecular formula is C33H48O8S. The molecule has 0 aliphatic heterocycles. The Morgan fingerprint density at radius 2 is 1.76 bits per heavy atom. The Morgan fingerprint density at radius 3 is 2.40 bits per heavy atom. The monoisotopic (exact) mass is 604 g/mol. The molecule has 2 rings (SSSR count). The smallest absolute Gasteiger partial charge is 0.305 e. The van der Waals surface area contributed by atoms with Crippen molar-refractivity contribution in [3.63, 3.8) is 0 Å². The minimum atomic E-state index is -3.83. The normalized spacial score (nSPS) is 13.7.